The summed E-state index contributed by atoms with van der Waals surface area (Å²) in [6.45, 7) is 1.91. The summed E-state index contributed by atoms with van der Waals surface area (Å²) in [6, 6.07) is 9.64. The van der Waals surface area contributed by atoms with Gasteiger partial charge in [-0.25, -0.2) is 4.39 Å². The Labute approximate surface area is 151 Å². The molecule has 0 aliphatic heterocycles. The second kappa shape index (κ2) is 7.91. The molecule has 5 nitrogen and oxygen atoms in total. The predicted molar refractivity (Wildman–Crippen MR) is 99.9 cm³/mol. The number of rotatable bonds is 5. The third-order valence-corrected chi connectivity index (χ3v) is 4.41. The van der Waals surface area contributed by atoms with Gasteiger partial charge in [0.25, 0.3) is 5.91 Å². The lowest BCUT2D eigenvalue weighted by molar-refractivity contribution is 0.0935. The van der Waals surface area contributed by atoms with Crippen LogP contribution in [0, 0.1) is 18.2 Å². The van der Waals surface area contributed by atoms with E-state index in [-0.39, 0.29) is 17.8 Å². The van der Waals surface area contributed by atoms with Crippen molar-refractivity contribution in [1.29, 1.82) is 5.41 Å². The molecule has 1 aliphatic carbocycles. The van der Waals surface area contributed by atoms with Gasteiger partial charge in [-0.3, -0.25) is 9.78 Å². The Morgan fingerprint density at radius 1 is 1.31 bits per heavy atom. The highest BCUT2D eigenvalue weighted by Gasteiger charge is 2.24. The number of para-hydroxylation sites is 1. The molecule has 3 N–H and O–H groups in total. The van der Waals surface area contributed by atoms with Crippen LogP contribution in [-0.4, -0.2) is 23.1 Å². The second-order valence-corrected chi connectivity index (χ2v) is 6.32. The molecule has 0 saturated carbocycles. The maximum atomic E-state index is 13.9. The molecule has 0 fully saturated rings. The maximum absolute atomic E-state index is 13.9. The van der Waals surface area contributed by atoms with E-state index in [0.717, 1.165) is 24.1 Å². The fraction of sp³-hybridized carbons (Fsp3) is 0.250. The Morgan fingerprint density at radius 2 is 2.12 bits per heavy atom. The monoisotopic (exact) mass is 352 g/mol. The summed E-state index contributed by atoms with van der Waals surface area (Å²) in [7, 11) is 0. The molecule has 1 amide bonds. The molecule has 0 radical (unpaired) electrons. The van der Waals surface area contributed by atoms with E-state index in [4.69, 9.17) is 5.41 Å². The number of aromatic nitrogens is 1. The van der Waals surface area contributed by atoms with Crippen molar-refractivity contribution in [3.05, 3.63) is 70.9 Å². The van der Waals surface area contributed by atoms with Gasteiger partial charge in [0.1, 0.15) is 11.5 Å². The van der Waals surface area contributed by atoms with Crippen molar-refractivity contribution >= 4 is 17.8 Å². The van der Waals surface area contributed by atoms with Crippen molar-refractivity contribution in [2.75, 3.05) is 5.32 Å². The van der Waals surface area contributed by atoms with Crippen molar-refractivity contribution in [1.82, 2.24) is 10.3 Å². The quantitative estimate of drug-likeness (QED) is 0.716. The van der Waals surface area contributed by atoms with Crippen molar-refractivity contribution in [3.8, 4) is 0 Å². The number of nitrogens with one attached hydrogen (secondary N) is 3. The van der Waals surface area contributed by atoms with Crippen LogP contribution >= 0.6 is 0 Å². The average Bonchev–Trinajstić information content (AvgIpc) is 2.64. The van der Waals surface area contributed by atoms with Gasteiger partial charge in [-0.05, 0) is 49.9 Å². The lowest BCUT2D eigenvalue weighted by Crippen LogP contribution is -2.39. The number of halogens is 1. The predicted octanol–water partition coefficient (Wildman–Crippen LogP) is 3.83. The summed E-state index contributed by atoms with van der Waals surface area (Å²) in [5.41, 5.74) is 3.12. The molecule has 2 aromatic rings. The van der Waals surface area contributed by atoms with Gasteiger partial charge in [0.05, 0.1) is 11.7 Å². The van der Waals surface area contributed by atoms with Crippen LogP contribution in [0.4, 0.5) is 10.1 Å². The fourth-order valence-electron chi connectivity index (χ4n) is 3.02. The number of pyridine rings is 1. The molecule has 3 rings (SSSR count). The molecule has 1 unspecified atom stereocenters. The van der Waals surface area contributed by atoms with Crippen LogP contribution in [0.5, 0.6) is 0 Å². The van der Waals surface area contributed by atoms with Crippen LogP contribution in [-0.2, 0) is 0 Å². The molecular weight excluding hydrogens is 331 g/mol. The molecule has 1 atom stereocenters. The summed E-state index contributed by atoms with van der Waals surface area (Å²) in [5, 5.41) is 13.8. The minimum atomic E-state index is -0.348. The van der Waals surface area contributed by atoms with Crippen molar-refractivity contribution < 1.29 is 9.18 Å². The van der Waals surface area contributed by atoms with Gasteiger partial charge >= 0.3 is 0 Å². The number of carbonyl (C=O) groups excluding carboxylic acids is 1. The Morgan fingerprint density at radius 3 is 2.81 bits per heavy atom. The topological polar surface area (TPSA) is 77.9 Å². The maximum Gasteiger partial charge on any atom is 0.270 e. The molecule has 0 bridgehead atoms. The number of allylic oxidation sites excluding steroid dienone is 1. The highest BCUT2D eigenvalue weighted by Crippen LogP contribution is 2.27. The Hall–Kier alpha value is -3.02. The molecule has 0 saturated heterocycles. The van der Waals surface area contributed by atoms with Gasteiger partial charge in [-0.15, -0.1) is 0 Å². The number of carbonyl (C=O) groups is 1. The van der Waals surface area contributed by atoms with Gasteiger partial charge < -0.3 is 16.0 Å². The molecule has 1 heterocycles. The minimum absolute atomic E-state index is 0.276. The summed E-state index contributed by atoms with van der Waals surface area (Å²) in [6.07, 6.45) is 5.14. The standard InChI is InChI=1S/C20H21FN4O/c1-13-9-10-19(23-12-13)20(26)25-17-8-4-7-16(14(17)11-22)24-18-6-3-2-5-15(18)21/h2-3,5-6,9-12,17,22,24H,4,7-8H2,1H3,(H,25,26). The van der Waals surface area contributed by atoms with E-state index in [1.165, 1.54) is 12.3 Å². The van der Waals surface area contributed by atoms with Crippen LogP contribution in [0.25, 0.3) is 0 Å². The highest BCUT2D eigenvalue weighted by atomic mass is 19.1. The molecule has 0 spiro atoms. The van der Waals surface area contributed by atoms with E-state index in [2.05, 4.69) is 15.6 Å². The van der Waals surface area contributed by atoms with Crippen LogP contribution in [0.15, 0.2) is 53.9 Å². The molecular formula is C20H21FN4O. The summed E-state index contributed by atoms with van der Waals surface area (Å²) in [4.78, 5) is 16.6. The Balaban J connectivity index is 1.80. The number of hydrogen-bond acceptors (Lipinski definition) is 4. The van der Waals surface area contributed by atoms with E-state index in [1.807, 2.05) is 13.0 Å². The van der Waals surface area contributed by atoms with Gasteiger partial charge in [-0.2, -0.15) is 0 Å². The zero-order valence-electron chi connectivity index (χ0n) is 14.6. The largest absolute Gasteiger partial charge is 0.356 e. The molecule has 134 valence electrons. The first-order chi connectivity index (χ1) is 12.6. The number of anilines is 1. The average molecular weight is 352 g/mol. The van der Waals surface area contributed by atoms with Crippen LogP contribution < -0.4 is 10.6 Å². The zero-order valence-corrected chi connectivity index (χ0v) is 14.6. The SMILES string of the molecule is Cc1ccc(C(=O)NC2CCCC(Nc3ccccc3F)=C2C=N)nc1. The van der Waals surface area contributed by atoms with Crippen molar-refractivity contribution in [2.45, 2.75) is 32.2 Å². The highest BCUT2D eigenvalue weighted by molar-refractivity contribution is 5.94. The first kappa shape index (κ1) is 17.8. The second-order valence-electron chi connectivity index (χ2n) is 6.32. The van der Waals surface area contributed by atoms with E-state index in [9.17, 15) is 9.18 Å². The van der Waals surface area contributed by atoms with Crippen LogP contribution in [0.2, 0.25) is 0 Å². The van der Waals surface area contributed by atoms with E-state index in [1.54, 1.807) is 30.5 Å². The minimum Gasteiger partial charge on any atom is -0.356 e. The summed E-state index contributed by atoms with van der Waals surface area (Å²) >= 11 is 0. The van der Waals surface area contributed by atoms with E-state index in [0.29, 0.717) is 23.4 Å². The molecule has 1 aromatic carbocycles. The van der Waals surface area contributed by atoms with Crippen molar-refractivity contribution in [3.63, 3.8) is 0 Å². The van der Waals surface area contributed by atoms with Crippen LogP contribution in [0.1, 0.15) is 35.3 Å². The molecule has 1 aromatic heterocycles. The molecule has 1 aliphatic rings. The zero-order chi connectivity index (χ0) is 18.5. The van der Waals surface area contributed by atoms with E-state index >= 15 is 0 Å². The Kier molecular flexibility index (Phi) is 5.41. The molecule has 26 heavy (non-hydrogen) atoms. The number of aryl methyl sites for hydroxylation is 1. The third-order valence-electron chi connectivity index (χ3n) is 4.41. The van der Waals surface area contributed by atoms with Gasteiger partial charge in [0.15, 0.2) is 0 Å². The number of nitrogens with zero attached hydrogens (tertiary/aromatic N) is 1. The number of amides is 1. The number of hydrogen-bond donors (Lipinski definition) is 3. The fourth-order valence-corrected chi connectivity index (χ4v) is 3.02. The summed E-state index contributed by atoms with van der Waals surface area (Å²) < 4.78 is 13.9. The van der Waals surface area contributed by atoms with Gasteiger partial charge in [-0.1, -0.05) is 18.2 Å². The van der Waals surface area contributed by atoms with Crippen molar-refractivity contribution in [2.24, 2.45) is 0 Å². The molecule has 6 heteroatoms. The first-order valence-corrected chi connectivity index (χ1v) is 8.57. The van der Waals surface area contributed by atoms with Gasteiger partial charge in [0, 0.05) is 23.7 Å². The Bertz CT molecular complexity index is 845. The van der Waals surface area contributed by atoms with Gasteiger partial charge in [0.2, 0.25) is 0 Å². The lowest BCUT2D eigenvalue weighted by atomic mass is 9.91. The lowest BCUT2D eigenvalue weighted by Gasteiger charge is -2.28. The number of benzene rings is 1. The van der Waals surface area contributed by atoms with Crippen LogP contribution in [0.3, 0.4) is 0 Å². The van der Waals surface area contributed by atoms with E-state index < -0.39 is 0 Å². The first-order valence-electron chi connectivity index (χ1n) is 8.57. The summed E-state index contributed by atoms with van der Waals surface area (Å²) in [5.74, 6) is -0.624. The smallest absolute Gasteiger partial charge is 0.270 e. The normalized spacial score (nSPS) is 16.9. The third kappa shape index (κ3) is 3.96.